The molecule has 0 amide bonds. The van der Waals surface area contributed by atoms with Crippen molar-refractivity contribution in [3.63, 3.8) is 0 Å². The third-order valence-corrected chi connectivity index (χ3v) is 4.69. The van der Waals surface area contributed by atoms with Crippen LogP contribution in [0.1, 0.15) is 55.9 Å². The zero-order valence-electron chi connectivity index (χ0n) is 14.7. The Kier molecular flexibility index (Phi) is 4.36. The summed E-state index contributed by atoms with van der Waals surface area (Å²) in [4.78, 5) is 7.04. The summed E-state index contributed by atoms with van der Waals surface area (Å²) in [5.41, 5.74) is 2.35. The molecule has 130 valence electrons. The standard InChI is InChI=1S/C19H23N5O/c1-14(2)18-21-19(25-22-18)17-8-4-10-23(17)13-15-6-3-7-16(12-15)24-11-5-9-20-24/h3,5-7,9,11-12,14,17H,4,8,10,13H2,1-2H3. The first-order valence-electron chi connectivity index (χ1n) is 8.87. The fourth-order valence-electron chi connectivity index (χ4n) is 3.37. The van der Waals surface area contributed by atoms with Crippen LogP contribution in [0.3, 0.4) is 0 Å². The van der Waals surface area contributed by atoms with Gasteiger partial charge in [0.05, 0.1) is 11.7 Å². The molecule has 6 nitrogen and oxygen atoms in total. The first-order chi connectivity index (χ1) is 12.2. The molecule has 6 heteroatoms. The fraction of sp³-hybridized carbons (Fsp3) is 0.421. The van der Waals surface area contributed by atoms with Gasteiger partial charge < -0.3 is 4.52 Å². The predicted octanol–water partition coefficient (Wildman–Crippen LogP) is 3.72. The average molecular weight is 337 g/mol. The minimum Gasteiger partial charge on any atom is -0.338 e. The average Bonchev–Trinajstić information content (AvgIpc) is 3.36. The van der Waals surface area contributed by atoms with Crippen LogP contribution in [-0.2, 0) is 6.54 Å². The van der Waals surface area contributed by atoms with Crippen molar-refractivity contribution >= 4 is 0 Å². The normalized spacial score (nSPS) is 18.3. The number of aromatic nitrogens is 4. The lowest BCUT2D eigenvalue weighted by atomic mass is 10.1. The number of likely N-dealkylation sites (tertiary alicyclic amines) is 1. The third kappa shape index (κ3) is 3.35. The number of benzene rings is 1. The summed E-state index contributed by atoms with van der Waals surface area (Å²) in [5.74, 6) is 1.84. The zero-order valence-corrected chi connectivity index (χ0v) is 14.7. The smallest absolute Gasteiger partial charge is 0.244 e. The summed E-state index contributed by atoms with van der Waals surface area (Å²) in [7, 11) is 0. The molecule has 1 saturated heterocycles. The molecule has 1 aliphatic rings. The molecule has 4 rings (SSSR count). The van der Waals surface area contributed by atoms with Gasteiger partial charge in [-0.05, 0) is 43.1 Å². The van der Waals surface area contributed by atoms with Crippen molar-refractivity contribution < 1.29 is 4.52 Å². The van der Waals surface area contributed by atoms with E-state index in [-0.39, 0.29) is 12.0 Å². The Bertz CT molecular complexity index is 824. The molecular weight excluding hydrogens is 314 g/mol. The van der Waals surface area contributed by atoms with Crippen molar-refractivity contribution in [1.82, 2.24) is 24.8 Å². The molecule has 0 saturated carbocycles. The van der Waals surface area contributed by atoms with Crippen molar-refractivity contribution in [3.05, 3.63) is 60.0 Å². The molecule has 25 heavy (non-hydrogen) atoms. The molecule has 1 atom stereocenters. The van der Waals surface area contributed by atoms with Crippen LogP contribution in [0.25, 0.3) is 5.69 Å². The van der Waals surface area contributed by atoms with E-state index in [0.717, 1.165) is 43.3 Å². The van der Waals surface area contributed by atoms with Gasteiger partial charge >= 0.3 is 0 Å². The van der Waals surface area contributed by atoms with E-state index in [9.17, 15) is 0 Å². The van der Waals surface area contributed by atoms with Crippen molar-refractivity contribution in [2.75, 3.05) is 6.54 Å². The van der Waals surface area contributed by atoms with E-state index >= 15 is 0 Å². The van der Waals surface area contributed by atoms with Gasteiger partial charge in [0.25, 0.3) is 0 Å². The number of rotatable bonds is 5. The van der Waals surface area contributed by atoms with E-state index in [1.807, 2.05) is 16.9 Å². The lowest BCUT2D eigenvalue weighted by Gasteiger charge is -2.21. The summed E-state index contributed by atoms with van der Waals surface area (Å²) in [6.07, 6.45) is 5.98. The second-order valence-electron chi connectivity index (χ2n) is 6.89. The minimum absolute atomic E-state index is 0.216. The van der Waals surface area contributed by atoms with Gasteiger partial charge in [-0.15, -0.1) is 0 Å². The highest BCUT2D eigenvalue weighted by molar-refractivity contribution is 5.35. The molecule has 1 aliphatic heterocycles. The molecule has 0 radical (unpaired) electrons. The number of nitrogens with zero attached hydrogens (tertiary/aromatic N) is 5. The molecule has 0 spiro atoms. The zero-order chi connectivity index (χ0) is 17.2. The Morgan fingerprint density at radius 3 is 2.96 bits per heavy atom. The molecule has 1 aromatic carbocycles. The van der Waals surface area contributed by atoms with Crippen molar-refractivity contribution in [2.24, 2.45) is 0 Å². The van der Waals surface area contributed by atoms with Crippen molar-refractivity contribution in [1.29, 1.82) is 0 Å². The molecule has 1 fully saturated rings. The quantitative estimate of drug-likeness (QED) is 0.710. The van der Waals surface area contributed by atoms with Crippen LogP contribution < -0.4 is 0 Å². The fourth-order valence-corrected chi connectivity index (χ4v) is 3.37. The summed E-state index contributed by atoms with van der Waals surface area (Å²) in [6.45, 7) is 6.10. The van der Waals surface area contributed by atoms with E-state index in [2.05, 4.69) is 58.3 Å². The lowest BCUT2D eigenvalue weighted by molar-refractivity contribution is 0.201. The summed E-state index contributed by atoms with van der Waals surface area (Å²) in [5, 5.41) is 8.44. The molecule has 0 bridgehead atoms. The van der Waals surface area contributed by atoms with Gasteiger partial charge in [-0.25, -0.2) is 4.68 Å². The molecular formula is C19H23N5O. The number of hydrogen-bond donors (Lipinski definition) is 0. The maximum absolute atomic E-state index is 5.54. The van der Waals surface area contributed by atoms with Gasteiger partial charge in [0, 0.05) is 24.9 Å². The first-order valence-corrected chi connectivity index (χ1v) is 8.87. The minimum atomic E-state index is 0.216. The van der Waals surface area contributed by atoms with Gasteiger partial charge in [-0.2, -0.15) is 10.1 Å². The van der Waals surface area contributed by atoms with E-state index in [1.165, 1.54) is 5.56 Å². The first kappa shape index (κ1) is 16.0. The molecule has 1 unspecified atom stereocenters. The van der Waals surface area contributed by atoms with E-state index in [1.54, 1.807) is 6.20 Å². The van der Waals surface area contributed by atoms with Crippen molar-refractivity contribution in [3.8, 4) is 5.69 Å². The van der Waals surface area contributed by atoms with E-state index in [4.69, 9.17) is 4.52 Å². The summed E-state index contributed by atoms with van der Waals surface area (Å²) < 4.78 is 7.43. The molecule has 0 N–H and O–H groups in total. The molecule has 3 aromatic rings. The van der Waals surface area contributed by atoms with Crippen LogP contribution in [0.4, 0.5) is 0 Å². The van der Waals surface area contributed by atoms with Gasteiger partial charge in [0.15, 0.2) is 5.82 Å². The second-order valence-corrected chi connectivity index (χ2v) is 6.89. The molecule has 0 aliphatic carbocycles. The van der Waals surface area contributed by atoms with Gasteiger partial charge in [-0.3, -0.25) is 4.90 Å². The van der Waals surface area contributed by atoms with Gasteiger partial charge in [0.2, 0.25) is 5.89 Å². The van der Waals surface area contributed by atoms with Gasteiger partial charge in [0.1, 0.15) is 0 Å². The van der Waals surface area contributed by atoms with E-state index in [0.29, 0.717) is 0 Å². The van der Waals surface area contributed by atoms with Crippen LogP contribution in [0.5, 0.6) is 0 Å². The second kappa shape index (κ2) is 6.80. The highest BCUT2D eigenvalue weighted by Gasteiger charge is 2.31. The van der Waals surface area contributed by atoms with Crippen LogP contribution in [0.15, 0.2) is 47.2 Å². The summed E-state index contributed by atoms with van der Waals surface area (Å²) in [6, 6.07) is 10.7. The highest BCUT2D eigenvalue weighted by Crippen LogP contribution is 2.32. The monoisotopic (exact) mass is 337 g/mol. The molecule has 3 heterocycles. The summed E-state index contributed by atoms with van der Waals surface area (Å²) >= 11 is 0. The van der Waals surface area contributed by atoms with E-state index < -0.39 is 0 Å². The SMILES string of the molecule is CC(C)c1noc(C2CCCN2Cc2cccc(-n3cccn3)c2)n1. The topological polar surface area (TPSA) is 60.0 Å². The Morgan fingerprint density at radius 1 is 1.28 bits per heavy atom. The largest absolute Gasteiger partial charge is 0.338 e. The lowest BCUT2D eigenvalue weighted by Crippen LogP contribution is -2.23. The third-order valence-electron chi connectivity index (χ3n) is 4.69. The Morgan fingerprint density at radius 2 is 2.20 bits per heavy atom. The van der Waals surface area contributed by atoms with Crippen LogP contribution in [0.2, 0.25) is 0 Å². The predicted molar refractivity (Wildman–Crippen MR) is 94.3 cm³/mol. The number of hydrogen-bond acceptors (Lipinski definition) is 5. The highest BCUT2D eigenvalue weighted by atomic mass is 16.5. The van der Waals surface area contributed by atoms with Crippen molar-refractivity contribution in [2.45, 2.75) is 45.2 Å². The maximum Gasteiger partial charge on any atom is 0.244 e. The van der Waals surface area contributed by atoms with Crippen LogP contribution in [0, 0.1) is 0 Å². The maximum atomic E-state index is 5.54. The van der Waals surface area contributed by atoms with Crippen LogP contribution >= 0.6 is 0 Å². The Hall–Kier alpha value is -2.47. The Labute approximate surface area is 147 Å². The van der Waals surface area contributed by atoms with Gasteiger partial charge in [-0.1, -0.05) is 31.1 Å². The van der Waals surface area contributed by atoms with Crippen LogP contribution in [-0.4, -0.2) is 31.4 Å². The molecule has 2 aromatic heterocycles. The Balaban J connectivity index is 1.52.